The van der Waals surface area contributed by atoms with Crippen LogP contribution in [-0.4, -0.2) is 38.3 Å². The van der Waals surface area contributed by atoms with Crippen LogP contribution in [0.5, 0.6) is 17.2 Å². The first-order valence-electron chi connectivity index (χ1n) is 4.67. The number of hydrogen-bond acceptors (Lipinski definition) is 4. The van der Waals surface area contributed by atoms with Crippen molar-refractivity contribution in [2.24, 2.45) is 0 Å². The molecule has 0 atom stereocenters. The molecule has 0 saturated carbocycles. The van der Waals surface area contributed by atoms with Gasteiger partial charge in [-0.3, -0.25) is 0 Å². The summed E-state index contributed by atoms with van der Waals surface area (Å²) in [6.45, 7) is 0.771. The van der Waals surface area contributed by atoms with Crippen LogP contribution in [0, 0.1) is 0 Å². The molecule has 5 heteroatoms. The zero-order chi connectivity index (χ0) is 11.4. The molecule has 0 aromatic heterocycles. The number of methoxy groups -OCH3 is 2. The third-order valence-corrected chi connectivity index (χ3v) is 2.04. The maximum atomic E-state index is 9.68. The zero-order valence-electron chi connectivity index (χ0n) is 9.98. The number of halogens is 1. The SMILES string of the molecule is COc1cc(CN(C)C)cc(OC)c1O.Cl. The summed E-state index contributed by atoms with van der Waals surface area (Å²) >= 11 is 0. The second kappa shape index (κ2) is 6.45. The number of aromatic hydroxyl groups is 1. The highest BCUT2D eigenvalue weighted by molar-refractivity contribution is 5.85. The van der Waals surface area contributed by atoms with Crippen molar-refractivity contribution in [2.75, 3.05) is 28.3 Å². The summed E-state index contributed by atoms with van der Waals surface area (Å²) in [7, 11) is 7.00. The summed E-state index contributed by atoms with van der Waals surface area (Å²) in [5.41, 5.74) is 1.03. The molecule has 1 aromatic rings. The number of hydrogen-bond donors (Lipinski definition) is 1. The molecule has 0 bridgehead atoms. The van der Waals surface area contributed by atoms with Crippen molar-refractivity contribution in [1.29, 1.82) is 0 Å². The molecule has 1 rings (SSSR count). The van der Waals surface area contributed by atoms with Crippen molar-refractivity contribution in [3.05, 3.63) is 17.7 Å². The summed E-state index contributed by atoms with van der Waals surface area (Å²) in [6, 6.07) is 3.61. The van der Waals surface area contributed by atoms with E-state index in [0.29, 0.717) is 11.5 Å². The Balaban J connectivity index is 0.00000225. The Morgan fingerprint density at radius 3 is 1.88 bits per heavy atom. The molecule has 92 valence electrons. The fourth-order valence-corrected chi connectivity index (χ4v) is 1.40. The van der Waals surface area contributed by atoms with E-state index in [1.807, 2.05) is 19.0 Å². The molecule has 0 aliphatic rings. The van der Waals surface area contributed by atoms with Gasteiger partial charge in [-0.25, -0.2) is 0 Å². The first kappa shape index (κ1) is 14.9. The normalized spacial score (nSPS) is 9.81. The van der Waals surface area contributed by atoms with Crippen molar-refractivity contribution in [2.45, 2.75) is 6.54 Å². The fraction of sp³-hybridized carbons (Fsp3) is 0.455. The lowest BCUT2D eigenvalue weighted by atomic mass is 10.1. The van der Waals surface area contributed by atoms with Gasteiger partial charge >= 0.3 is 0 Å². The van der Waals surface area contributed by atoms with E-state index in [1.54, 1.807) is 12.1 Å². The Kier molecular flexibility index (Phi) is 6.00. The van der Waals surface area contributed by atoms with E-state index in [9.17, 15) is 5.11 Å². The molecule has 0 heterocycles. The van der Waals surface area contributed by atoms with Crippen LogP contribution >= 0.6 is 12.4 Å². The zero-order valence-corrected chi connectivity index (χ0v) is 10.8. The Hall–Kier alpha value is -1.13. The van der Waals surface area contributed by atoms with Crippen molar-refractivity contribution >= 4 is 12.4 Å². The lowest BCUT2D eigenvalue weighted by molar-refractivity contribution is 0.336. The van der Waals surface area contributed by atoms with Crippen LogP contribution in [0.4, 0.5) is 0 Å². The van der Waals surface area contributed by atoms with E-state index < -0.39 is 0 Å². The van der Waals surface area contributed by atoms with Crippen LogP contribution in [0.2, 0.25) is 0 Å². The summed E-state index contributed by atoms with van der Waals surface area (Å²) in [5.74, 6) is 0.917. The minimum atomic E-state index is 0. The number of rotatable bonds is 4. The van der Waals surface area contributed by atoms with E-state index in [-0.39, 0.29) is 18.2 Å². The molecule has 0 spiro atoms. The predicted octanol–water partition coefficient (Wildman–Crippen LogP) is 1.89. The first-order chi connectivity index (χ1) is 7.08. The van der Waals surface area contributed by atoms with Gasteiger partial charge in [0, 0.05) is 6.54 Å². The van der Waals surface area contributed by atoms with Gasteiger partial charge in [0.15, 0.2) is 11.5 Å². The minimum absolute atomic E-state index is 0. The molecule has 0 amide bonds. The molecule has 0 saturated heterocycles. The quantitative estimate of drug-likeness (QED) is 0.883. The minimum Gasteiger partial charge on any atom is -0.502 e. The van der Waals surface area contributed by atoms with Gasteiger partial charge in [0.1, 0.15) is 0 Å². The molecular formula is C11H18ClNO3. The topological polar surface area (TPSA) is 41.9 Å². The second-order valence-electron chi connectivity index (χ2n) is 3.59. The molecule has 0 radical (unpaired) electrons. The average molecular weight is 248 g/mol. The summed E-state index contributed by atoms with van der Waals surface area (Å²) in [4.78, 5) is 2.03. The predicted molar refractivity (Wildman–Crippen MR) is 65.8 cm³/mol. The van der Waals surface area contributed by atoms with E-state index in [2.05, 4.69) is 0 Å². The van der Waals surface area contributed by atoms with E-state index >= 15 is 0 Å². The maximum absolute atomic E-state index is 9.68. The van der Waals surface area contributed by atoms with Gasteiger partial charge in [0.2, 0.25) is 5.75 Å². The Labute approximate surface area is 102 Å². The highest BCUT2D eigenvalue weighted by atomic mass is 35.5. The van der Waals surface area contributed by atoms with Crippen LogP contribution < -0.4 is 9.47 Å². The smallest absolute Gasteiger partial charge is 0.200 e. The van der Waals surface area contributed by atoms with E-state index in [0.717, 1.165) is 12.1 Å². The monoisotopic (exact) mass is 247 g/mol. The largest absolute Gasteiger partial charge is 0.502 e. The van der Waals surface area contributed by atoms with Crippen LogP contribution in [-0.2, 0) is 6.54 Å². The third-order valence-electron chi connectivity index (χ3n) is 2.04. The Bertz CT molecular complexity index is 317. The van der Waals surface area contributed by atoms with Crippen LogP contribution in [0.3, 0.4) is 0 Å². The highest BCUT2D eigenvalue weighted by Gasteiger charge is 2.11. The highest BCUT2D eigenvalue weighted by Crippen LogP contribution is 2.37. The second-order valence-corrected chi connectivity index (χ2v) is 3.59. The van der Waals surface area contributed by atoms with Crippen molar-refractivity contribution in [3.8, 4) is 17.2 Å². The molecule has 0 unspecified atom stereocenters. The number of phenolic OH excluding ortho intramolecular Hbond substituents is 1. The first-order valence-corrected chi connectivity index (χ1v) is 4.67. The molecule has 1 aromatic carbocycles. The van der Waals surface area contributed by atoms with Crippen LogP contribution in [0.25, 0.3) is 0 Å². The number of benzene rings is 1. The van der Waals surface area contributed by atoms with Gasteiger partial charge in [0.25, 0.3) is 0 Å². The molecule has 16 heavy (non-hydrogen) atoms. The van der Waals surface area contributed by atoms with Gasteiger partial charge in [-0.2, -0.15) is 0 Å². The molecule has 0 aliphatic carbocycles. The third kappa shape index (κ3) is 3.47. The molecule has 4 nitrogen and oxygen atoms in total. The van der Waals surface area contributed by atoms with Crippen molar-refractivity contribution in [1.82, 2.24) is 4.90 Å². The van der Waals surface area contributed by atoms with Gasteiger partial charge in [-0.15, -0.1) is 12.4 Å². The van der Waals surface area contributed by atoms with Crippen molar-refractivity contribution in [3.63, 3.8) is 0 Å². The molecule has 0 fully saturated rings. The van der Waals surface area contributed by atoms with Gasteiger partial charge in [0.05, 0.1) is 14.2 Å². The number of phenols is 1. The van der Waals surface area contributed by atoms with Crippen molar-refractivity contribution < 1.29 is 14.6 Å². The standard InChI is InChI=1S/C11H17NO3.ClH/c1-12(2)7-8-5-9(14-3)11(13)10(6-8)15-4;/h5-6,13H,7H2,1-4H3;1H. The summed E-state index contributed by atoms with van der Waals surface area (Å²) in [6.07, 6.45) is 0. The molecule has 1 N–H and O–H groups in total. The van der Waals surface area contributed by atoms with Gasteiger partial charge in [-0.1, -0.05) is 0 Å². The molecular weight excluding hydrogens is 230 g/mol. The summed E-state index contributed by atoms with van der Waals surface area (Å²) in [5, 5.41) is 9.68. The Morgan fingerprint density at radius 1 is 1.12 bits per heavy atom. The average Bonchev–Trinajstić information content (AvgIpc) is 2.19. The lowest BCUT2D eigenvalue weighted by Crippen LogP contribution is -2.10. The maximum Gasteiger partial charge on any atom is 0.200 e. The Morgan fingerprint density at radius 2 is 1.56 bits per heavy atom. The number of nitrogens with zero attached hydrogens (tertiary/aromatic N) is 1. The van der Waals surface area contributed by atoms with Gasteiger partial charge in [-0.05, 0) is 31.8 Å². The van der Waals surface area contributed by atoms with Crippen LogP contribution in [0.1, 0.15) is 5.56 Å². The van der Waals surface area contributed by atoms with E-state index in [4.69, 9.17) is 9.47 Å². The number of ether oxygens (including phenoxy) is 2. The van der Waals surface area contributed by atoms with Crippen LogP contribution in [0.15, 0.2) is 12.1 Å². The fourth-order valence-electron chi connectivity index (χ4n) is 1.40. The summed E-state index contributed by atoms with van der Waals surface area (Å²) < 4.78 is 10.1. The van der Waals surface area contributed by atoms with E-state index in [1.165, 1.54) is 14.2 Å². The van der Waals surface area contributed by atoms with Gasteiger partial charge < -0.3 is 19.5 Å². The lowest BCUT2D eigenvalue weighted by Gasteiger charge is -2.14. The molecule has 0 aliphatic heterocycles.